The number of rotatable bonds is 7. The lowest BCUT2D eigenvalue weighted by Crippen LogP contribution is -2.36. The van der Waals surface area contributed by atoms with E-state index in [0.717, 1.165) is 13.1 Å². The van der Waals surface area contributed by atoms with Crippen LogP contribution < -0.4 is 0 Å². The molecular weight excluding hydrogens is 244 g/mol. The number of halogens is 1. The van der Waals surface area contributed by atoms with E-state index in [1.54, 1.807) is 6.20 Å². The zero-order valence-corrected chi connectivity index (χ0v) is 12.7. The maximum absolute atomic E-state index is 5.95. The molecule has 0 radical (unpaired) electrons. The van der Waals surface area contributed by atoms with Crippen LogP contribution in [0.3, 0.4) is 0 Å². The zero-order chi connectivity index (χ0) is 13.5. The summed E-state index contributed by atoms with van der Waals surface area (Å²) in [5.41, 5.74) is 1.25. The summed E-state index contributed by atoms with van der Waals surface area (Å²) in [4.78, 5) is 6.61. The second-order valence-corrected chi connectivity index (χ2v) is 5.67. The van der Waals surface area contributed by atoms with Crippen LogP contribution in [0.1, 0.15) is 46.1 Å². The van der Waals surface area contributed by atoms with Gasteiger partial charge in [0.2, 0.25) is 0 Å². The fraction of sp³-hybridized carbons (Fsp3) is 0.667. The van der Waals surface area contributed by atoms with E-state index in [4.69, 9.17) is 11.6 Å². The molecule has 1 heterocycles. The van der Waals surface area contributed by atoms with Gasteiger partial charge >= 0.3 is 0 Å². The Hall–Kier alpha value is -0.600. The smallest absolute Gasteiger partial charge is 0.129 e. The van der Waals surface area contributed by atoms with Gasteiger partial charge in [-0.1, -0.05) is 39.3 Å². The first-order valence-electron chi connectivity index (χ1n) is 6.91. The quantitative estimate of drug-likeness (QED) is 0.682. The molecule has 1 aromatic heterocycles. The fourth-order valence-corrected chi connectivity index (χ4v) is 2.59. The molecule has 0 aromatic carbocycles. The van der Waals surface area contributed by atoms with Gasteiger partial charge in [-0.05, 0) is 36.5 Å². The van der Waals surface area contributed by atoms with Gasteiger partial charge in [-0.15, -0.1) is 0 Å². The van der Waals surface area contributed by atoms with Crippen LogP contribution >= 0.6 is 11.6 Å². The minimum atomic E-state index is 0.585. The van der Waals surface area contributed by atoms with E-state index < -0.39 is 0 Å². The summed E-state index contributed by atoms with van der Waals surface area (Å²) >= 11 is 5.95. The van der Waals surface area contributed by atoms with Crippen LogP contribution in [0.5, 0.6) is 0 Å². The van der Waals surface area contributed by atoms with E-state index in [0.29, 0.717) is 17.1 Å². The Morgan fingerprint density at radius 2 is 1.94 bits per heavy atom. The number of pyridine rings is 1. The Morgan fingerprint density at radius 3 is 2.44 bits per heavy atom. The van der Waals surface area contributed by atoms with Crippen LogP contribution in [0.15, 0.2) is 18.3 Å². The average Bonchev–Trinajstić information content (AvgIpc) is 2.29. The summed E-state index contributed by atoms with van der Waals surface area (Å²) in [6.45, 7) is 11.2. The van der Waals surface area contributed by atoms with Gasteiger partial charge in [-0.3, -0.25) is 4.90 Å². The van der Waals surface area contributed by atoms with Gasteiger partial charge in [0.1, 0.15) is 5.15 Å². The molecule has 0 saturated carbocycles. The van der Waals surface area contributed by atoms with Gasteiger partial charge in [0, 0.05) is 25.3 Å². The van der Waals surface area contributed by atoms with E-state index in [9.17, 15) is 0 Å². The predicted molar refractivity (Wildman–Crippen MR) is 78.9 cm³/mol. The lowest BCUT2D eigenvalue weighted by atomic mass is 10.1. The van der Waals surface area contributed by atoms with E-state index in [1.165, 1.54) is 18.4 Å². The van der Waals surface area contributed by atoms with Crippen molar-refractivity contribution in [1.29, 1.82) is 0 Å². The molecule has 0 bridgehead atoms. The molecule has 0 atom stereocenters. The topological polar surface area (TPSA) is 16.1 Å². The molecule has 0 N–H and O–H groups in total. The molecule has 0 saturated heterocycles. The molecule has 2 nitrogen and oxygen atoms in total. The first-order chi connectivity index (χ1) is 8.56. The van der Waals surface area contributed by atoms with Gasteiger partial charge < -0.3 is 0 Å². The normalized spacial score (nSPS) is 11.8. The van der Waals surface area contributed by atoms with Gasteiger partial charge in [0.25, 0.3) is 0 Å². The lowest BCUT2D eigenvalue weighted by molar-refractivity contribution is 0.157. The van der Waals surface area contributed by atoms with Crippen molar-refractivity contribution in [1.82, 2.24) is 9.88 Å². The highest BCUT2D eigenvalue weighted by molar-refractivity contribution is 6.29. The van der Waals surface area contributed by atoms with Crippen molar-refractivity contribution in [2.24, 2.45) is 5.92 Å². The Morgan fingerprint density at radius 1 is 1.28 bits per heavy atom. The minimum absolute atomic E-state index is 0.585. The van der Waals surface area contributed by atoms with Crippen LogP contribution in [0.2, 0.25) is 5.15 Å². The van der Waals surface area contributed by atoms with E-state index in [-0.39, 0.29) is 0 Å². The van der Waals surface area contributed by atoms with Crippen molar-refractivity contribution in [2.75, 3.05) is 6.54 Å². The van der Waals surface area contributed by atoms with Crippen LogP contribution in [0, 0.1) is 5.92 Å². The molecule has 0 amide bonds. The lowest BCUT2D eigenvalue weighted by Gasteiger charge is -2.32. The highest BCUT2D eigenvalue weighted by Gasteiger charge is 2.16. The Bertz CT molecular complexity index is 348. The fourth-order valence-electron chi connectivity index (χ4n) is 2.39. The number of hydrogen-bond acceptors (Lipinski definition) is 2. The van der Waals surface area contributed by atoms with Crippen LogP contribution in [-0.2, 0) is 6.54 Å². The first-order valence-corrected chi connectivity index (χ1v) is 7.29. The van der Waals surface area contributed by atoms with E-state index in [2.05, 4.69) is 43.6 Å². The van der Waals surface area contributed by atoms with Crippen molar-refractivity contribution >= 4 is 11.6 Å². The molecule has 0 unspecified atom stereocenters. The van der Waals surface area contributed by atoms with Gasteiger partial charge in [-0.25, -0.2) is 4.98 Å². The van der Waals surface area contributed by atoms with Crippen molar-refractivity contribution in [2.45, 2.75) is 53.1 Å². The summed E-state index contributed by atoms with van der Waals surface area (Å²) < 4.78 is 0. The van der Waals surface area contributed by atoms with Crippen LogP contribution in [0.4, 0.5) is 0 Å². The SMILES string of the molecule is CCC(CC)N(Cc1ccnc(Cl)c1)CC(C)C. The first kappa shape index (κ1) is 15.5. The Balaban J connectivity index is 2.77. The third-order valence-corrected chi connectivity index (χ3v) is 3.44. The molecule has 1 aromatic rings. The van der Waals surface area contributed by atoms with Crippen LogP contribution in [-0.4, -0.2) is 22.5 Å². The summed E-state index contributed by atoms with van der Waals surface area (Å²) in [6, 6.07) is 4.68. The molecule has 0 aliphatic carbocycles. The average molecular weight is 269 g/mol. The van der Waals surface area contributed by atoms with Gasteiger partial charge in [-0.2, -0.15) is 0 Å². The molecule has 0 spiro atoms. The van der Waals surface area contributed by atoms with Crippen LogP contribution in [0.25, 0.3) is 0 Å². The molecule has 0 aliphatic heterocycles. The highest BCUT2D eigenvalue weighted by Crippen LogP contribution is 2.17. The predicted octanol–water partition coefficient (Wildman–Crippen LogP) is 4.38. The van der Waals surface area contributed by atoms with Crippen molar-refractivity contribution < 1.29 is 0 Å². The number of hydrogen-bond donors (Lipinski definition) is 0. The Kier molecular flexibility index (Phi) is 6.66. The van der Waals surface area contributed by atoms with Gasteiger partial charge in [0.15, 0.2) is 0 Å². The second-order valence-electron chi connectivity index (χ2n) is 5.28. The van der Waals surface area contributed by atoms with E-state index in [1.807, 2.05) is 6.07 Å². The molecule has 0 aliphatic rings. The van der Waals surface area contributed by atoms with E-state index >= 15 is 0 Å². The number of nitrogens with zero attached hydrogens (tertiary/aromatic N) is 2. The molecule has 1 rings (SSSR count). The largest absolute Gasteiger partial charge is 0.296 e. The Labute approximate surface area is 116 Å². The molecule has 0 fully saturated rings. The molecular formula is C15H25ClN2. The molecule has 102 valence electrons. The summed E-state index contributed by atoms with van der Waals surface area (Å²) in [5.74, 6) is 0.683. The highest BCUT2D eigenvalue weighted by atomic mass is 35.5. The zero-order valence-electron chi connectivity index (χ0n) is 12.0. The van der Waals surface area contributed by atoms with Gasteiger partial charge in [0.05, 0.1) is 0 Å². The maximum Gasteiger partial charge on any atom is 0.129 e. The van der Waals surface area contributed by atoms with Crippen molar-refractivity contribution in [3.8, 4) is 0 Å². The monoisotopic (exact) mass is 268 g/mol. The molecule has 3 heteroatoms. The third kappa shape index (κ3) is 4.95. The standard InChI is InChI=1S/C15H25ClN2/c1-5-14(6-2)18(10-12(3)4)11-13-7-8-17-15(16)9-13/h7-9,12,14H,5-6,10-11H2,1-4H3. The van der Waals surface area contributed by atoms with Crippen molar-refractivity contribution in [3.05, 3.63) is 29.0 Å². The molecule has 18 heavy (non-hydrogen) atoms. The van der Waals surface area contributed by atoms with Crippen molar-refractivity contribution in [3.63, 3.8) is 0 Å². The summed E-state index contributed by atoms with van der Waals surface area (Å²) in [6.07, 6.45) is 4.18. The second kappa shape index (κ2) is 7.75. The minimum Gasteiger partial charge on any atom is -0.296 e. The maximum atomic E-state index is 5.95. The third-order valence-electron chi connectivity index (χ3n) is 3.24. The summed E-state index contributed by atoms with van der Waals surface area (Å²) in [5, 5.41) is 0.585. The summed E-state index contributed by atoms with van der Waals surface area (Å²) in [7, 11) is 0. The number of aromatic nitrogens is 1.